The summed E-state index contributed by atoms with van der Waals surface area (Å²) in [4.78, 5) is 13.5. The number of aromatic nitrogens is 4. The minimum Gasteiger partial charge on any atom is -0.376 e. The summed E-state index contributed by atoms with van der Waals surface area (Å²) in [7, 11) is 2.01. The minimum atomic E-state index is 0.276. The number of aryl methyl sites for hydroxylation is 1. The molecule has 1 aliphatic heterocycles. The molecule has 1 aliphatic rings. The fraction of sp³-hybridized carbons (Fsp3) is 0.353. The largest absolute Gasteiger partial charge is 0.376 e. The number of benzene rings is 1. The predicted molar refractivity (Wildman–Crippen MR) is 89.2 cm³/mol. The molecule has 1 atom stereocenters. The second kappa shape index (κ2) is 5.96. The molecule has 0 aliphatic carbocycles. The smallest absolute Gasteiger partial charge is 0.222 e. The van der Waals surface area contributed by atoms with Crippen molar-refractivity contribution < 1.29 is 4.74 Å². The van der Waals surface area contributed by atoms with E-state index in [4.69, 9.17) is 4.74 Å². The number of rotatable bonds is 4. The lowest BCUT2D eigenvalue weighted by atomic mass is 10.2. The number of imidazole rings is 1. The van der Waals surface area contributed by atoms with E-state index in [9.17, 15) is 0 Å². The average molecular weight is 309 g/mol. The third-order valence-electron chi connectivity index (χ3n) is 4.21. The summed E-state index contributed by atoms with van der Waals surface area (Å²) in [5.74, 6) is 1.50. The Hall–Kier alpha value is -2.47. The molecular weight excluding hydrogens is 290 g/mol. The Kier molecular flexibility index (Phi) is 3.67. The van der Waals surface area contributed by atoms with Crippen molar-refractivity contribution in [2.24, 2.45) is 7.05 Å². The average Bonchev–Trinajstić information content (AvgIpc) is 3.22. The molecule has 0 amide bonds. The van der Waals surface area contributed by atoms with Gasteiger partial charge >= 0.3 is 0 Å². The van der Waals surface area contributed by atoms with E-state index in [0.29, 0.717) is 5.95 Å². The highest BCUT2D eigenvalue weighted by Gasteiger charge is 2.15. The van der Waals surface area contributed by atoms with Crippen molar-refractivity contribution in [1.82, 2.24) is 19.5 Å². The number of hydrogen-bond acceptors (Lipinski definition) is 5. The van der Waals surface area contributed by atoms with E-state index in [1.165, 1.54) is 0 Å². The molecule has 118 valence electrons. The standard InChI is InChI=1S/C17H19N5O/c1-22-15-7-3-2-6-14(15)21-16(22)12-9-18-17(19-10-12)20-11-13-5-4-8-23-13/h2-3,6-7,9-10,13H,4-5,8,11H2,1H3,(H,18,19,20). The van der Waals surface area contributed by atoms with Gasteiger partial charge in [-0.25, -0.2) is 15.0 Å². The van der Waals surface area contributed by atoms with Crippen LogP contribution in [0.4, 0.5) is 5.95 Å². The lowest BCUT2D eigenvalue weighted by Gasteiger charge is -2.10. The maximum Gasteiger partial charge on any atom is 0.222 e. The molecule has 6 heteroatoms. The molecule has 1 fully saturated rings. The highest BCUT2D eigenvalue weighted by atomic mass is 16.5. The maximum absolute atomic E-state index is 5.59. The second-order valence-corrected chi connectivity index (χ2v) is 5.79. The van der Waals surface area contributed by atoms with Gasteiger partial charge in [0, 0.05) is 32.6 Å². The summed E-state index contributed by atoms with van der Waals surface area (Å²) in [5.41, 5.74) is 2.99. The molecular formula is C17H19N5O. The molecule has 1 N–H and O–H groups in total. The lowest BCUT2D eigenvalue weighted by molar-refractivity contribution is 0.120. The first-order chi connectivity index (χ1) is 11.3. The molecule has 1 aromatic carbocycles. The van der Waals surface area contributed by atoms with Crippen LogP contribution in [-0.2, 0) is 11.8 Å². The monoisotopic (exact) mass is 309 g/mol. The molecule has 0 spiro atoms. The number of fused-ring (bicyclic) bond motifs is 1. The summed E-state index contributed by atoms with van der Waals surface area (Å²) >= 11 is 0. The third-order valence-corrected chi connectivity index (χ3v) is 4.21. The number of nitrogens with one attached hydrogen (secondary N) is 1. The minimum absolute atomic E-state index is 0.276. The number of ether oxygens (including phenoxy) is 1. The predicted octanol–water partition coefficient (Wildman–Crippen LogP) is 2.62. The molecule has 1 saturated heterocycles. The number of nitrogens with zero attached hydrogens (tertiary/aromatic N) is 4. The Bertz CT molecular complexity index is 805. The van der Waals surface area contributed by atoms with Gasteiger partial charge in [-0.3, -0.25) is 0 Å². The summed E-state index contributed by atoms with van der Waals surface area (Å²) in [6, 6.07) is 8.08. The van der Waals surface area contributed by atoms with Crippen LogP contribution in [0.5, 0.6) is 0 Å². The van der Waals surface area contributed by atoms with Gasteiger partial charge in [-0.1, -0.05) is 12.1 Å². The van der Waals surface area contributed by atoms with Crippen molar-refractivity contribution in [2.75, 3.05) is 18.5 Å². The van der Waals surface area contributed by atoms with E-state index < -0.39 is 0 Å². The zero-order chi connectivity index (χ0) is 15.6. The van der Waals surface area contributed by atoms with Crippen LogP contribution in [0.1, 0.15) is 12.8 Å². The number of anilines is 1. The van der Waals surface area contributed by atoms with Gasteiger partial charge in [0.2, 0.25) is 5.95 Å². The Morgan fingerprint density at radius 1 is 1.26 bits per heavy atom. The summed E-state index contributed by atoms with van der Waals surface area (Å²) in [6.45, 7) is 1.62. The van der Waals surface area contributed by atoms with Crippen molar-refractivity contribution in [3.8, 4) is 11.4 Å². The van der Waals surface area contributed by atoms with E-state index in [2.05, 4.69) is 30.9 Å². The normalized spacial score (nSPS) is 17.7. The first kappa shape index (κ1) is 14.1. The highest BCUT2D eigenvalue weighted by Crippen LogP contribution is 2.22. The van der Waals surface area contributed by atoms with Crippen molar-refractivity contribution in [2.45, 2.75) is 18.9 Å². The molecule has 4 rings (SSSR count). The van der Waals surface area contributed by atoms with Crippen molar-refractivity contribution in [3.05, 3.63) is 36.7 Å². The third kappa shape index (κ3) is 2.77. The van der Waals surface area contributed by atoms with Gasteiger partial charge in [0.15, 0.2) is 0 Å². The van der Waals surface area contributed by atoms with Crippen LogP contribution in [0.25, 0.3) is 22.4 Å². The molecule has 0 bridgehead atoms. The zero-order valence-electron chi connectivity index (χ0n) is 13.1. The maximum atomic E-state index is 5.59. The Balaban J connectivity index is 1.53. The van der Waals surface area contributed by atoms with Gasteiger partial charge in [-0.2, -0.15) is 0 Å². The number of para-hydroxylation sites is 2. The molecule has 23 heavy (non-hydrogen) atoms. The SMILES string of the molecule is Cn1c(-c2cnc(NCC3CCCO3)nc2)nc2ccccc21. The van der Waals surface area contributed by atoms with Crippen LogP contribution in [0, 0.1) is 0 Å². The molecule has 1 unspecified atom stereocenters. The molecule has 0 radical (unpaired) electrons. The topological polar surface area (TPSA) is 64.9 Å². The quantitative estimate of drug-likeness (QED) is 0.802. The highest BCUT2D eigenvalue weighted by molar-refractivity contribution is 5.80. The van der Waals surface area contributed by atoms with E-state index in [-0.39, 0.29) is 6.10 Å². The van der Waals surface area contributed by atoms with Crippen LogP contribution < -0.4 is 5.32 Å². The van der Waals surface area contributed by atoms with Crippen molar-refractivity contribution in [3.63, 3.8) is 0 Å². The van der Waals surface area contributed by atoms with E-state index >= 15 is 0 Å². The summed E-state index contributed by atoms with van der Waals surface area (Å²) < 4.78 is 7.65. The Morgan fingerprint density at radius 3 is 2.83 bits per heavy atom. The fourth-order valence-electron chi connectivity index (χ4n) is 2.95. The summed E-state index contributed by atoms with van der Waals surface area (Å²) in [5, 5.41) is 3.23. The Labute approximate surface area is 134 Å². The zero-order valence-corrected chi connectivity index (χ0v) is 13.1. The van der Waals surface area contributed by atoms with Crippen LogP contribution in [0.3, 0.4) is 0 Å². The van der Waals surface area contributed by atoms with Gasteiger partial charge in [0.25, 0.3) is 0 Å². The molecule has 3 aromatic rings. The summed E-state index contributed by atoms with van der Waals surface area (Å²) in [6.07, 6.45) is 6.14. The van der Waals surface area contributed by atoms with Gasteiger partial charge in [0.1, 0.15) is 5.82 Å². The van der Waals surface area contributed by atoms with Crippen molar-refractivity contribution in [1.29, 1.82) is 0 Å². The lowest BCUT2D eigenvalue weighted by Crippen LogP contribution is -2.19. The van der Waals surface area contributed by atoms with Gasteiger partial charge in [0.05, 0.1) is 22.7 Å². The fourth-order valence-corrected chi connectivity index (χ4v) is 2.95. The first-order valence-corrected chi connectivity index (χ1v) is 7.90. The molecule has 3 heterocycles. The van der Waals surface area contributed by atoms with E-state index in [1.54, 1.807) is 0 Å². The van der Waals surface area contributed by atoms with Gasteiger partial charge in [-0.15, -0.1) is 0 Å². The van der Waals surface area contributed by atoms with Gasteiger partial charge < -0.3 is 14.6 Å². The molecule has 0 saturated carbocycles. The Morgan fingerprint density at radius 2 is 2.09 bits per heavy atom. The first-order valence-electron chi connectivity index (χ1n) is 7.90. The number of hydrogen-bond donors (Lipinski definition) is 1. The molecule has 6 nitrogen and oxygen atoms in total. The van der Waals surface area contributed by atoms with Crippen LogP contribution in [-0.4, -0.2) is 38.8 Å². The van der Waals surface area contributed by atoms with Crippen LogP contribution in [0.2, 0.25) is 0 Å². The van der Waals surface area contributed by atoms with Crippen LogP contribution in [0.15, 0.2) is 36.7 Å². The van der Waals surface area contributed by atoms with Gasteiger partial charge in [-0.05, 0) is 25.0 Å². The van der Waals surface area contributed by atoms with E-state index in [1.807, 2.05) is 37.6 Å². The second-order valence-electron chi connectivity index (χ2n) is 5.79. The molecule has 2 aromatic heterocycles. The van der Waals surface area contributed by atoms with Crippen molar-refractivity contribution >= 4 is 17.0 Å². The van der Waals surface area contributed by atoms with Crippen LogP contribution >= 0.6 is 0 Å². The van der Waals surface area contributed by atoms with E-state index in [0.717, 1.165) is 48.4 Å².